The van der Waals surface area contributed by atoms with Crippen molar-refractivity contribution in [1.29, 1.82) is 5.26 Å². The number of hydrogen-bond donors (Lipinski definition) is 1. The Morgan fingerprint density at radius 3 is 3.09 bits per heavy atom. The first-order valence-electron chi connectivity index (χ1n) is 7.69. The van der Waals surface area contributed by atoms with Gasteiger partial charge in [-0.15, -0.1) is 0 Å². The number of para-hydroxylation sites is 1. The molecule has 2 heterocycles. The minimum Gasteiger partial charge on any atom is -0.381 e. The number of ether oxygens (including phenoxy) is 1. The van der Waals surface area contributed by atoms with Gasteiger partial charge < -0.3 is 14.6 Å². The van der Waals surface area contributed by atoms with E-state index in [1.54, 1.807) is 6.08 Å². The van der Waals surface area contributed by atoms with Crippen LogP contribution in [-0.2, 0) is 16.6 Å². The summed E-state index contributed by atoms with van der Waals surface area (Å²) in [6.45, 7) is 1.19. The lowest BCUT2D eigenvalue weighted by Crippen LogP contribution is -2.38. The van der Waals surface area contributed by atoms with Gasteiger partial charge in [-0.25, -0.2) is 0 Å². The maximum absolute atomic E-state index is 12.1. The van der Waals surface area contributed by atoms with Crippen LogP contribution in [0, 0.1) is 17.2 Å². The van der Waals surface area contributed by atoms with Crippen LogP contribution in [0.4, 0.5) is 0 Å². The molecular formula is C18H19N3O2. The van der Waals surface area contributed by atoms with Gasteiger partial charge in [0.2, 0.25) is 5.91 Å². The molecule has 1 aromatic carbocycles. The number of rotatable bonds is 4. The molecule has 5 nitrogen and oxygen atoms in total. The van der Waals surface area contributed by atoms with Crippen molar-refractivity contribution in [1.82, 2.24) is 9.88 Å². The molecule has 1 aliphatic heterocycles. The normalized spacial score (nSPS) is 19.0. The van der Waals surface area contributed by atoms with Crippen molar-refractivity contribution in [3.05, 3.63) is 42.1 Å². The summed E-state index contributed by atoms with van der Waals surface area (Å²) in [6, 6.07) is 9.70. The summed E-state index contributed by atoms with van der Waals surface area (Å²) in [7, 11) is 1.98. The van der Waals surface area contributed by atoms with Crippen molar-refractivity contribution in [2.45, 2.75) is 12.5 Å². The highest BCUT2D eigenvalue weighted by Crippen LogP contribution is 2.21. The quantitative estimate of drug-likeness (QED) is 0.881. The van der Waals surface area contributed by atoms with E-state index in [0.717, 1.165) is 22.9 Å². The number of nitriles is 1. The second-order valence-corrected chi connectivity index (χ2v) is 5.78. The molecule has 0 bridgehead atoms. The maximum Gasteiger partial charge on any atom is 0.245 e. The Labute approximate surface area is 135 Å². The van der Waals surface area contributed by atoms with E-state index in [0.29, 0.717) is 13.2 Å². The molecule has 1 N–H and O–H groups in total. The first-order valence-corrected chi connectivity index (χ1v) is 7.69. The fourth-order valence-corrected chi connectivity index (χ4v) is 2.94. The molecule has 5 heteroatoms. The van der Waals surface area contributed by atoms with E-state index in [2.05, 4.69) is 11.4 Å². The van der Waals surface area contributed by atoms with Crippen molar-refractivity contribution in [3.8, 4) is 6.07 Å². The molecule has 2 aromatic rings. The van der Waals surface area contributed by atoms with Crippen molar-refractivity contribution in [2.24, 2.45) is 13.0 Å². The average Bonchev–Trinajstić information content (AvgIpc) is 3.20. The molecular weight excluding hydrogens is 290 g/mol. The Bertz CT molecular complexity index is 779. The smallest absolute Gasteiger partial charge is 0.245 e. The highest BCUT2D eigenvalue weighted by Gasteiger charge is 2.26. The van der Waals surface area contributed by atoms with Gasteiger partial charge >= 0.3 is 0 Å². The number of aryl methyl sites for hydroxylation is 1. The van der Waals surface area contributed by atoms with E-state index in [9.17, 15) is 10.1 Å². The van der Waals surface area contributed by atoms with Crippen LogP contribution >= 0.6 is 0 Å². The molecule has 1 aliphatic rings. The van der Waals surface area contributed by atoms with Gasteiger partial charge in [0.1, 0.15) is 6.04 Å². The van der Waals surface area contributed by atoms with Crippen LogP contribution in [0.3, 0.4) is 0 Å². The highest BCUT2D eigenvalue weighted by molar-refractivity contribution is 5.96. The Morgan fingerprint density at radius 2 is 2.35 bits per heavy atom. The fraction of sp³-hybridized carbons (Fsp3) is 0.333. The highest BCUT2D eigenvalue weighted by atomic mass is 16.5. The molecule has 0 spiro atoms. The van der Waals surface area contributed by atoms with Gasteiger partial charge in [0.05, 0.1) is 12.7 Å². The van der Waals surface area contributed by atoms with Crippen molar-refractivity contribution >= 4 is 22.9 Å². The van der Waals surface area contributed by atoms with E-state index < -0.39 is 6.04 Å². The predicted octanol–water partition coefficient (Wildman–Crippen LogP) is 2.24. The molecule has 23 heavy (non-hydrogen) atoms. The molecule has 3 rings (SSSR count). The molecule has 1 amide bonds. The van der Waals surface area contributed by atoms with Gasteiger partial charge in [-0.3, -0.25) is 4.79 Å². The largest absolute Gasteiger partial charge is 0.381 e. The maximum atomic E-state index is 12.1. The summed E-state index contributed by atoms with van der Waals surface area (Å²) < 4.78 is 7.31. The molecule has 0 saturated carbocycles. The summed E-state index contributed by atoms with van der Waals surface area (Å²) in [5, 5.41) is 13.1. The Morgan fingerprint density at radius 1 is 1.52 bits per heavy atom. The minimum absolute atomic E-state index is 0.0786. The molecule has 1 saturated heterocycles. The fourth-order valence-electron chi connectivity index (χ4n) is 2.94. The monoisotopic (exact) mass is 309 g/mol. The lowest BCUT2D eigenvalue weighted by Gasteiger charge is -2.15. The molecule has 0 aliphatic carbocycles. The van der Waals surface area contributed by atoms with Gasteiger partial charge in [0.25, 0.3) is 0 Å². The number of nitrogens with one attached hydrogen (secondary N) is 1. The molecule has 2 atom stereocenters. The number of amides is 1. The minimum atomic E-state index is -0.498. The predicted molar refractivity (Wildman–Crippen MR) is 88.4 cm³/mol. The molecule has 1 aromatic heterocycles. The lowest BCUT2D eigenvalue weighted by atomic mass is 10.0. The standard InChI is InChI=1S/C18H19N3O2/c1-21-11-13(15-4-2-3-5-17(15)21)6-7-18(22)20-16(10-19)14-8-9-23-12-14/h2-7,11,14,16H,8-9,12H2,1H3,(H,20,22)/b7-6+/t14-,16+/m1/s1. The van der Waals surface area contributed by atoms with Gasteiger partial charge in [-0.1, -0.05) is 18.2 Å². The molecule has 0 unspecified atom stereocenters. The number of fused-ring (bicyclic) bond motifs is 1. The summed E-state index contributed by atoms with van der Waals surface area (Å²) in [6.07, 6.45) is 6.08. The first kappa shape index (κ1) is 15.3. The van der Waals surface area contributed by atoms with Crippen LogP contribution in [-0.4, -0.2) is 29.7 Å². The van der Waals surface area contributed by atoms with Crippen LogP contribution in [0.25, 0.3) is 17.0 Å². The Kier molecular flexibility index (Phi) is 4.45. The topological polar surface area (TPSA) is 67.0 Å². The molecule has 0 radical (unpaired) electrons. The van der Waals surface area contributed by atoms with E-state index in [1.165, 1.54) is 6.08 Å². The lowest BCUT2D eigenvalue weighted by molar-refractivity contribution is -0.117. The van der Waals surface area contributed by atoms with Gasteiger partial charge in [0, 0.05) is 48.3 Å². The van der Waals surface area contributed by atoms with Gasteiger partial charge in [-0.2, -0.15) is 5.26 Å². The van der Waals surface area contributed by atoms with Crippen LogP contribution in [0.5, 0.6) is 0 Å². The van der Waals surface area contributed by atoms with Crippen molar-refractivity contribution in [3.63, 3.8) is 0 Å². The zero-order chi connectivity index (χ0) is 16.2. The van der Waals surface area contributed by atoms with E-state index in [4.69, 9.17) is 4.74 Å². The van der Waals surface area contributed by atoms with E-state index in [1.807, 2.05) is 42.1 Å². The van der Waals surface area contributed by atoms with E-state index >= 15 is 0 Å². The van der Waals surface area contributed by atoms with Crippen LogP contribution in [0.2, 0.25) is 0 Å². The first-order chi connectivity index (χ1) is 11.2. The van der Waals surface area contributed by atoms with Gasteiger partial charge in [-0.05, 0) is 18.6 Å². The zero-order valence-electron chi connectivity index (χ0n) is 13.0. The second kappa shape index (κ2) is 6.67. The molecule has 118 valence electrons. The van der Waals surface area contributed by atoms with Crippen LogP contribution < -0.4 is 5.32 Å². The third-order valence-corrected chi connectivity index (χ3v) is 4.22. The average molecular weight is 309 g/mol. The number of hydrogen-bond acceptors (Lipinski definition) is 3. The summed E-state index contributed by atoms with van der Waals surface area (Å²) in [5.41, 5.74) is 2.10. The SMILES string of the molecule is Cn1cc(/C=C/C(=O)N[C@@H](C#N)[C@@H]2CCOC2)c2ccccc21. The Hall–Kier alpha value is -2.58. The number of nitrogens with zero attached hydrogens (tertiary/aromatic N) is 2. The second-order valence-electron chi connectivity index (χ2n) is 5.78. The number of carbonyl (C=O) groups is 1. The van der Waals surface area contributed by atoms with Crippen LogP contribution in [0.15, 0.2) is 36.5 Å². The Balaban J connectivity index is 1.71. The molecule has 1 fully saturated rings. The summed E-state index contributed by atoms with van der Waals surface area (Å²) >= 11 is 0. The van der Waals surface area contributed by atoms with Gasteiger partial charge in [0.15, 0.2) is 0 Å². The summed E-state index contributed by atoms with van der Waals surface area (Å²) in [5.74, 6) is -0.175. The number of carbonyl (C=O) groups excluding carboxylic acids is 1. The van der Waals surface area contributed by atoms with Crippen molar-refractivity contribution in [2.75, 3.05) is 13.2 Å². The summed E-state index contributed by atoms with van der Waals surface area (Å²) in [4.78, 5) is 12.1. The number of aromatic nitrogens is 1. The zero-order valence-corrected chi connectivity index (χ0v) is 13.0. The van der Waals surface area contributed by atoms with Crippen LogP contribution in [0.1, 0.15) is 12.0 Å². The third-order valence-electron chi connectivity index (χ3n) is 4.22. The van der Waals surface area contributed by atoms with Crippen molar-refractivity contribution < 1.29 is 9.53 Å². The van der Waals surface area contributed by atoms with E-state index in [-0.39, 0.29) is 11.8 Å². The number of benzene rings is 1. The third kappa shape index (κ3) is 3.27.